The molecule has 0 aliphatic rings. The predicted octanol–water partition coefficient (Wildman–Crippen LogP) is 3.13. The van der Waals surface area contributed by atoms with Gasteiger partial charge in [-0.05, 0) is 25.0 Å². The lowest BCUT2D eigenvalue weighted by molar-refractivity contribution is -0.386. The Bertz CT molecular complexity index is 373. The summed E-state index contributed by atoms with van der Waals surface area (Å²) in [5, 5.41) is 10.6. The van der Waals surface area contributed by atoms with E-state index in [2.05, 4.69) is 0 Å². The fourth-order valence-corrected chi connectivity index (χ4v) is 1.32. The molecule has 0 saturated carbocycles. The third-order valence-electron chi connectivity index (χ3n) is 1.90. The number of nitro groups is 1. The molecule has 0 N–H and O–H groups in total. The average Bonchev–Trinajstić information content (AvgIpc) is 2.26. The van der Waals surface area contributed by atoms with Gasteiger partial charge in [-0.15, -0.1) is 11.6 Å². The van der Waals surface area contributed by atoms with Gasteiger partial charge in [0.1, 0.15) is 5.82 Å². The molecule has 4 nitrogen and oxygen atoms in total. The molecule has 6 heteroatoms. The molecule has 88 valence electrons. The maximum atomic E-state index is 12.8. The normalized spacial score (nSPS) is 10.1. The molecule has 0 amide bonds. The summed E-state index contributed by atoms with van der Waals surface area (Å²) in [5.41, 5.74) is -0.356. The highest BCUT2D eigenvalue weighted by molar-refractivity contribution is 6.17. The molecule has 0 unspecified atom stereocenters. The van der Waals surface area contributed by atoms with Gasteiger partial charge in [-0.2, -0.15) is 0 Å². The Hall–Kier alpha value is -1.36. The summed E-state index contributed by atoms with van der Waals surface area (Å²) >= 11 is 5.47. The van der Waals surface area contributed by atoms with Gasteiger partial charge >= 0.3 is 5.69 Å². The predicted molar refractivity (Wildman–Crippen MR) is 58.5 cm³/mol. The summed E-state index contributed by atoms with van der Waals surface area (Å²) in [5.74, 6) is -0.0460. The molecule has 0 radical (unpaired) electrons. The number of unbranched alkanes of at least 4 members (excludes halogenated alkanes) is 1. The SMILES string of the molecule is O=[N+]([O-])c1cc(F)ccc1OCCCCCl. The number of benzene rings is 1. The van der Waals surface area contributed by atoms with Crippen LogP contribution in [-0.2, 0) is 0 Å². The number of hydrogen-bond donors (Lipinski definition) is 0. The Balaban J connectivity index is 2.67. The lowest BCUT2D eigenvalue weighted by atomic mass is 10.3. The third-order valence-corrected chi connectivity index (χ3v) is 2.17. The largest absolute Gasteiger partial charge is 0.487 e. The first-order valence-corrected chi connectivity index (χ1v) is 5.31. The smallest absolute Gasteiger partial charge is 0.313 e. The van der Waals surface area contributed by atoms with Gasteiger partial charge in [-0.25, -0.2) is 4.39 Å². The molecule has 0 aliphatic heterocycles. The van der Waals surface area contributed by atoms with E-state index in [0.29, 0.717) is 18.9 Å². The molecule has 1 rings (SSSR count). The topological polar surface area (TPSA) is 52.4 Å². The minimum Gasteiger partial charge on any atom is -0.487 e. The van der Waals surface area contributed by atoms with Crippen LogP contribution in [0.15, 0.2) is 18.2 Å². The standard InChI is InChI=1S/C10H11ClFNO3/c11-5-1-2-6-16-10-4-3-8(12)7-9(10)13(14)15/h3-4,7H,1-2,5-6H2. The first-order valence-electron chi connectivity index (χ1n) is 4.78. The van der Waals surface area contributed by atoms with Crippen LogP contribution >= 0.6 is 11.6 Å². The van der Waals surface area contributed by atoms with Crippen molar-refractivity contribution in [1.29, 1.82) is 0 Å². The second kappa shape index (κ2) is 6.27. The minimum absolute atomic E-state index is 0.0842. The van der Waals surface area contributed by atoms with E-state index in [0.717, 1.165) is 18.6 Å². The summed E-state index contributed by atoms with van der Waals surface area (Å²) in [6.07, 6.45) is 1.48. The maximum Gasteiger partial charge on any atom is 0.313 e. The van der Waals surface area contributed by atoms with Gasteiger partial charge in [0.15, 0.2) is 5.75 Å². The monoisotopic (exact) mass is 247 g/mol. The van der Waals surface area contributed by atoms with E-state index in [4.69, 9.17) is 16.3 Å². The molecule has 0 heterocycles. The van der Waals surface area contributed by atoms with Crippen LogP contribution in [0.25, 0.3) is 0 Å². The van der Waals surface area contributed by atoms with Gasteiger partial charge < -0.3 is 4.74 Å². The number of hydrogen-bond acceptors (Lipinski definition) is 3. The Morgan fingerprint density at radius 3 is 2.81 bits per heavy atom. The zero-order chi connectivity index (χ0) is 12.0. The van der Waals surface area contributed by atoms with Gasteiger partial charge in [0, 0.05) is 5.88 Å². The lowest BCUT2D eigenvalue weighted by Gasteiger charge is -2.05. The van der Waals surface area contributed by atoms with Crippen LogP contribution < -0.4 is 4.74 Å². The van der Waals surface area contributed by atoms with Crippen molar-refractivity contribution < 1.29 is 14.1 Å². The van der Waals surface area contributed by atoms with Crippen molar-refractivity contribution >= 4 is 17.3 Å². The van der Waals surface area contributed by atoms with Crippen molar-refractivity contribution in [3.05, 3.63) is 34.1 Å². The van der Waals surface area contributed by atoms with Gasteiger partial charge in [-0.1, -0.05) is 0 Å². The Kier molecular flexibility index (Phi) is 4.98. The van der Waals surface area contributed by atoms with Crippen molar-refractivity contribution in [2.24, 2.45) is 0 Å². The summed E-state index contributed by atoms with van der Waals surface area (Å²) in [6, 6.07) is 3.23. The van der Waals surface area contributed by atoms with Crippen LogP contribution in [0.1, 0.15) is 12.8 Å². The Morgan fingerprint density at radius 2 is 2.19 bits per heavy atom. The molecule has 0 bridgehead atoms. The van der Waals surface area contributed by atoms with Crippen LogP contribution in [0.4, 0.5) is 10.1 Å². The molecular weight excluding hydrogens is 237 g/mol. The molecule has 1 aromatic rings. The zero-order valence-electron chi connectivity index (χ0n) is 8.49. The van der Waals surface area contributed by atoms with Crippen molar-refractivity contribution in [2.75, 3.05) is 12.5 Å². The fraction of sp³-hybridized carbons (Fsp3) is 0.400. The summed E-state index contributed by atoms with van der Waals surface area (Å²) < 4.78 is 18.0. The van der Waals surface area contributed by atoms with Crippen LogP contribution in [0.2, 0.25) is 0 Å². The van der Waals surface area contributed by atoms with Gasteiger partial charge in [0.2, 0.25) is 0 Å². The minimum atomic E-state index is -0.667. The highest BCUT2D eigenvalue weighted by Crippen LogP contribution is 2.27. The Labute approximate surface area is 97.1 Å². The van der Waals surface area contributed by atoms with E-state index in [-0.39, 0.29) is 11.4 Å². The molecule has 16 heavy (non-hydrogen) atoms. The fourth-order valence-electron chi connectivity index (χ4n) is 1.13. The summed E-state index contributed by atoms with van der Waals surface area (Å²) in [4.78, 5) is 9.93. The van der Waals surface area contributed by atoms with Gasteiger partial charge in [-0.3, -0.25) is 10.1 Å². The molecular formula is C10H11ClFNO3. The summed E-state index contributed by atoms with van der Waals surface area (Å²) in [7, 11) is 0. The van der Waals surface area contributed by atoms with Gasteiger partial charge in [0.25, 0.3) is 0 Å². The molecule has 0 atom stereocenters. The molecule has 0 aromatic heterocycles. The lowest BCUT2D eigenvalue weighted by Crippen LogP contribution is -2.01. The van der Waals surface area contributed by atoms with Crippen LogP contribution in [0.3, 0.4) is 0 Å². The van der Waals surface area contributed by atoms with E-state index in [1.54, 1.807) is 0 Å². The molecule has 1 aromatic carbocycles. The van der Waals surface area contributed by atoms with E-state index in [1.807, 2.05) is 0 Å². The van der Waals surface area contributed by atoms with E-state index >= 15 is 0 Å². The highest BCUT2D eigenvalue weighted by atomic mass is 35.5. The zero-order valence-corrected chi connectivity index (χ0v) is 9.24. The number of nitro benzene ring substituents is 1. The number of halogens is 2. The third kappa shape index (κ3) is 3.66. The second-order valence-corrected chi connectivity index (χ2v) is 3.49. The van der Waals surface area contributed by atoms with Crippen LogP contribution in [-0.4, -0.2) is 17.4 Å². The van der Waals surface area contributed by atoms with Crippen molar-refractivity contribution in [3.8, 4) is 5.75 Å². The average molecular weight is 248 g/mol. The highest BCUT2D eigenvalue weighted by Gasteiger charge is 2.15. The number of ether oxygens (including phenoxy) is 1. The quantitative estimate of drug-likeness (QED) is 0.336. The van der Waals surface area contributed by atoms with Crippen LogP contribution in [0.5, 0.6) is 5.75 Å². The first kappa shape index (κ1) is 12.7. The van der Waals surface area contributed by atoms with Crippen molar-refractivity contribution in [2.45, 2.75) is 12.8 Å². The molecule has 0 aliphatic carbocycles. The van der Waals surface area contributed by atoms with E-state index in [9.17, 15) is 14.5 Å². The van der Waals surface area contributed by atoms with Crippen molar-refractivity contribution in [3.63, 3.8) is 0 Å². The van der Waals surface area contributed by atoms with Crippen LogP contribution in [0, 0.1) is 15.9 Å². The van der Waals surface area contributed by atoms with E-state index < -0.39 is 10.7 Å². The summed E-state index contributed by atoms with van der Waals surface area (Å²) in [6.45, 7) is 0.333. The van der Waals surface area contributed by atoms with Crippen molar-refractivity contribution in [1.82, 2.24) is 0 Å². The number of alkyl halides is 1. The molecule has 0 fully saturated rings. The Morgan fingerprint density at radius 1 is 1.44 bits per heavy atom. The number of nitrogens with zero attached hydrogens (tertiary/aromatic N) is 1. The first-order chi connectivity index (χ1) is 7.65. The number of rotatable bonds is 6. The van der Waals surface area contributed by atoms with Gasteiger partial charge in [0.05, 0.1) is 17.6 Å². The molecule has 0 spiro atoms. The molecule has 0 saturated heterocycles. The maximum absolute atomic E-state index is 12.8. The second-order valence-electron chi connectivity index (χ2n) is 3.11. The van der Waals surface area contributed by atoms with E-state index in [1.165, 1.54) is 6.07 Å².